The first-order valence-electron chi connectivity index (χ1n) is 15.5. The van der Waals surface area contributed by atoms with Crippen molar-refractivity contribution in [1.29, 1.82) is 0 Å². The van der Waals surface area contributed by atoms with Crippen molar-refractivity contribution in [2.45, 2.75) is 49.5 Å². The molecule has 0 amide bonds. The lowest BCUT2D eigenvalue weighted by atomic mass is 9.95. The molecule has 4 aromatic rings. The van der Waals surface area contributed by atoms with Gasteiger partial charge in [0.2, 0.25) is 0 Å². The number of halogens is 4. The summed E-state index contributed by atoms with van der Waals surface area (Å²) >= 11 is 0. The number of nitrogen functional groups attached to an aromatic ring is 1. The summed E-state index contributed by atoms with van der Waals surface area (Å²) in [6.07, 6.45) is 7.47. The third-order valence-electron chi connectivity index (χ3n) is 9.17. The molecule has 0 bridgehead atoms. The molecule has 4 fully saturated rings. The molecular weight excluding hydrogens is 576 g/mol. The standard InChI is InChI=1S/C32H28F4N6O2/c1-2-19-25-16(9-22(34)26(19)35)8-18(37)10-20(25)28-27(36)29-21(13-38-28)30(42-6-7-43-24-11-23(24)42)40-31(39-29)44-15-32-4-3-5-41(32)14-17(33)12-32/h1,8-10,13,17,23-24H,3-7,11-12,14-15,37H2/t17-,23-,24+,32+/m1/s1/i15D2. The second-order valence-electron chi connectivity index (χ2n) is 11.9. The first-order valence-corrected chi connectivity index (χ1v) is 14.5. The van der Waals surface area contributed by atoms with Crippen LogP contribution < -0.4 is 15.4 Å². The fourth-order valence-electron chi connectivity index (χ4n) is 7.10. The second-order valence-corrected chi connectivity index (χ2v) is 11.9. The number of alkyl halides is 1. The molecule has 8 nitrogen and oxygen atoms in total. The van der Waals surface area contributed by atoms with E-state index >= 15 is 4.39 Å². The molecule has 1 saturated carbocycles. The van der Waals surface area contributed by atoms with Gasteiger partial charge in [-0.1, -0.05) is 5.92 Å². The van der Waals surface area contributed by atoms with Gasteiger partial charge in [0.1, 0.15) is 29.8 Å². The molecule has 0 radical (unpaired) electrons. The van der Waals surface area contributed by atoms with E-state index in [2.05, 4.69) is 20.9 Å². The Labute approximate surface area is 253 Å². The number of ether oxygens (including phenoxy) is 2. The zero-order chi connectivity index (χ0) is 32.1. The van der Waals surface area contributed by atoms with Crippen LogP contribution in [0.25, 0.3) is 32.9 Å². The number of fused-ring (bicyclic) bond motifs is 4. The molecule has 4 atom stereocenters. The zero-order valence-corrected chi connectivity index (χ0v) is 23.4. The number of benzene rings is 2. The van der Waals surface area contributed by atoms with Crippen molar-refractivity contribution < 1.29 is 29.8 Å². The number of pyridine rings is 1. The number of nitrogens with two attached hydrogens (primary N) is 1. The van der Waals surface area contributed by atoms with Crippen LogP contribution in [0.1, 0.15) is 34.0 Å². The highest BCUT2D eigenvalue weighted by molar-refractivity contribution is 6.03. The molecule has 226 valence electrons. The van der Waals surface area contributed by atoms with E-state index in [0.717, 1.165) is 12.5 Å². The van der Waals surface area contributed by atoms with Gasteiger partial charge in [-0.25, -0.2) is 17.6 Å². The van der Waals surface area contributed by atoms with Gasteiger partial charge >= 0.3 is 6.01 Å². The number of hydrogen-bond donors (Lipinski definition) is 1. The van der Waals surface area contributed by atoms with Crippen LogP contribution in [0.3, 0.4) is 0 Å². The van der Waals surface area contributed by atoms with Crippen LogP contribution in [0.5, 0.6) is 6.01 Å². The minimum Gasteiger partial charge on any atom is -0.461 e. The second kappa shape index (κ2) is 9.90. The molecule has 2 aromatic carbocycles. The largest absolute Gasteiger partial charge is 0.461 e. The lowest BCUT2D eigenvalue weighted by Crippen LogP contribution is -2.43. The quantitative estimate of drug-likeness (QED) is 0.198. The number of aromatic nitrogens is 3. The molecule has 2 aromatic heterocycles. The average Bonchev–Trinajstić information content (AvgIpc) is 3.59. The van der Waals surface area contributed by atoms with E-state index in [0.29, 0.717) is 32.5 Å². The van der Waals surface area contributed by atoms with Gasteiger partial charge < -0.3 is 20.1 Å². The van der Waals surface area contributed by atoms with E-state index in [1.54, 1.807) is 4.90 Å². The Bertz CT molecular complexity index is 1990. The van der Waals surface area contributed by atoms with Crippen molar-refractivity contribution in [3.8, 4) is 29.6 Å². The number of nitrogens with zero attached hydrogens (tertiary/aromatic N) is 5. The molecule has 3 aliphatic heterocycles. The summed E-state index contributed by atoms with van der Waals surface area (Å²) in [6.45, 7) is -0.945. The van der Waals surface area contributed by atoms with Crippen molar-refractivity contribution in [2.24, 2.45) is 0 Å². The van der Waals surface area contributed by atoms with Crippen molar-refractivity contribution >= 4 is 33.2 Å². The smallest absolute Gasteiger partial charge is 0.319 e. The summed E-state index contributed by atoms with van der Waals surface area (Å²) in [5.74, 6) is -0.936. The Morgan fingerprint density at radius 3 is 2.91 bits per heavy atom. The average molecular weight is 607 g/mol. The van der Waals surface area contributed by atoms with Crippen molar-refractivity contribution in [1.82, 2.24) is 19.9 Å². The van der Waals surface area contributed by atoms with E-state index in [1.807, 2.05) is 4.90 Å². The number of terminal acetylenes is 1. The summed E-state index contributed by atoms with van der Waals surface area (Å²) in [6, 6.07) is 3.24. The topological polar surface area (TPSA) is 89.6 Å². The van der Waals surface area contributed by atoms with Gasteiger partial charge in [0.05, 0.1) is 38.0 Å². The maximum Gasteiger partial charge on any atom is 0.319 e. The summed E-state index contributed by atoms with van der Waals surface area (Å²) in [7, 11) is 0. The highest BCUT2D eigenvalue weighted by Crippen LogP contribution is 2.43. The summed E-state index contributed by atoms with van der Waals surface area (Å²) < 4.78 is 90.3. The predicted molar refractivity (Wildman–Crippen MR) is 157 cm³/mol. The van der Waals surface area contributed by atoms with Gasteiger partial charge in [-0.05, 0) is 49.4 Å². The monoisotopic (exact) mass is 606 g/mol. The Hall–Kier alpha value is -4.21. The molecule has 44 heavy (non-hydrogen) atoms. The summed E-state index contributed by atoms with van der Waals surface area (Å²) in [5, 5.41) is 0.425. The van der Waals surface area contributed by atoms with E-state index < -0.39 is 47.3 Å². The van der Waals surface area contributed by atoms with Crippen LogP contribution in [0, 0.1) is 29.8 Å². The Balaban J connectivity index is 1.32. The SMILES string of the molecule is [2H]C([2H])(Oc1nc(N2CCO[C@H]3C[C@H]32)c2cnc(-c3cc(N)cc4cc(F)c(F)c(C#C)c34)c(F)c2n1)[C@@]12CCCN1C[C@H](F)C2. The minimum absolute atomic E-state index is 0.0197. The maximum absolute atomic E-state index is 16.8. The lowest BCUT2D eigenvalue weighted by Gasteiger charge is -2.31. The summed E-state index contributed by atoms with van der Waals surface area (Å²) in [5.41, 5.74) is 4.10. The molecule has 2 N–H and O–H groups in total. The number of rotatable bonds is 5. The third-order valence-corrected chi connectivity index (χ3v) is 9.17. The van der Waals surface area contributed by atoms with E-state index in [9.17, 15) is 13.2 Å². The number of anilines is 2. The Kier molecular flexibility index (Phi) is 5.66. The normalized spacial score (nSPS) is 27.2. The van der Waals surface area contributed by atoms with Crippen molar-refractivity contribution in [2.75, 3.05) is 43.4 Å². The molecule has 1 aliphatic carbocycles. The predicted octanol–water partition coefficient (Wildman–Crippen LogP) is 4.76. The third kappa shape index (κ3) is 4.17. The van der Waals surface area contributed by atoms with Crippen molar-refractivity contribution in [3.05, 3.63) is 47.4 Å². The van der Waals surface area contributed by atoms with Gasteiger partial charge in [0.15, 0.2) is 17.5 Å². The highest BCUT2D eigenvalue weighted by atomic mass is 19.2. The molecule has 0 unspecified atom stereocenters. The fraction of sp³-hybridized carbons (Fsp3) is 0.406. The van der Waals surface area contributed by atoms with Gasteiger partial charge in [-0.2, -0.15) is 9.97 Å². The van der Waals surface area contributed by atoms with Crippen LogP contribution in [0.15, 0.2) is 24.4 Å². The molecule has 0 spiro atoms. The number of hydrogen-bond acceptors (Lipinski definition) is 8. The minimum atomic E-state index is -2.41. The lowest BCUT2D eigenvalue weighted by molar-refractivity contribution is 0.102. The molecule has 4 aliphatic rings. The van der Waals surface area contributed by atoms with Crippen LogP contribution in [0.4, 0.5) is 29.1 Å². The van der Waals surface area contributed by atoms with Gasteiger partial charge in [-0.3, -0.25) is 9.88 Å². The maximum atomic E-state index is 16.8. The Morgan fingerprint density at radius 1 is 1.20 bits per heavy atom. The molecule has 12 heteroatoms. The summed E-state index contributed by atoms with van der Waals surface area (Å²) in [4.78, 5) is 17.0. The van der Waals surface area contributed by atoms with Crippen LogP contribution in [-0.4, -0.2) is 76.5 Å². The number of morpholine rings is 1. The molecule has 8 rings (SSSR count). The molecular formula is C32H28F4N6O2. The fourth-order valence-corrected chi connectivity index (χ4v) is 7.10. The zero-order valence-electron chi connectivity index (χ0n) is 25.4. The first kappa shape index (κ1) is 25.2. The van der Waals surface area contributed by atoms with Crippen LogP contribution in [0.2, 0.25) is 0 Å². The molecule has 5 heterocycles. The Morgan fingerprint density at radius 2 is 2.07 bits per heavy atom. The van der Waals surface area contributed by atoms with Crippen LogP contribution >= 0.6 is 0 Å². The van der Waals surface area contributed by atoms with Gasteiger partial charge in [0, 0.05) is 42.3 Å². The van der Waals surface area contributed by atoms with Gasteiger partial charge in [-0.15, -0.1) is 6.42 Å². The molecule has 3 saturated heterocycles. The van der Waals surface area contributed by atoms with Crippen molar-refractivity contribution in [3.63, 3.8) is 0 Å². The highest BCUT2D eigenvalue weighted by Gasteiger charge is 2.50. The first-order chi connectivity index (χ1) is 22.0. The van der Waals surface area contributed by atoms with E-state index in [4.69, 9.17) is 24.4 Å². The van der Waals surface area contributed by atoms with Crippen LogP contribution in [-0.2, 0) is 4.74 Å². The van der Waals surface area contributed by atoms with Gasteiger partial charge in [0.25, 0.3) is 0 Å². The van der Waals surface area contributed by atoms with E-state index in [-0.39, 0.29) is 69.5 Å². The van der Waals surface area contributed by atoms with E-state index in [1.165, 1.54) is 18.3 Å².